The molecule has 0 bridgehead atoms. The lowest BCUT2D eigenvalue weighted by molar-refractivity contribution is -0.123. The minimum atomic E-state index is -4.18. The molecule has 4 rings (SSSR count). The summed E-state index contributed by atoms with van der Waals surface area (Å²) in [5.41, 5.74) is 2.03. The summed E-state index contributed by atoms with van der Waals surface area (Å²) < 4.78 is 36.1. The van der Waals surface area contributed by atoms with E-state index < -0.39 is 21.3 Å². The molecule has 7 nitrogen and oxygen atoms in total. The maximum Gasteiger partial charge on any atom is 0.339 e. The van der Waals surface area contributed by atoms with Gasteiger partial charge in [0.05, 0.1) is 23.6 Å². The van der Waals surface area contributed by atoms with Gasteiger partial charge in [0, 0.05) is 5.02 Å². The van der Waals surface area contributed by atoms with Gasteiger partial charge in [0.2, 0.25) is 5.75 Å². The molecule has 186 valence electrons. The van der Waals surface area contributed by atoms with Gasteiger partial charge in [-0.1, -0.05) is 53.0 Å². The molecule has 2 amide bonds. The highest BCUT2D eigenvalue weighted by atomic mass is 35.5. The molecule has 0 aliphatic carbocycles. The van der Waals surface area contributed by atoms with Crippen LogP contribution in [-0.2, 0) is 21.5 Å². The van der Waals surface area contributed by atoms with Crippen LogP contribution in [-0.4, -0.2) is 31.6 Å². The molecular weight excluding hydrogens is 545 g/mol. The normalized spacial score (nSPS) is 15.0. The topological polar surface area (TPSA) is 90.0 Å². The van der Waals surface area contributed by atoms with Crippen molar-refractivity contribution in [1.29, 1.82) is 0 Å². The summed E-state index contributed by atoms with van der Waals surface area (Å²) in [6, 6.07) is 16.0. The first-order valence-corrected chi connectivity index (χ1v) is 13.4. The predicted molar refractivity (Wildman–Crippen MR) is 140 cm³/mol. The number of ether oxygens (including phenoxy) is 1. The van der Waals surface area contributed by atoms with Crippen molar-refractivity contribution in [3.8, 4) is 11.5 Å². The smallest absolute Gasteiger partial charge is 0.339 e. The van der Waals surface area contributed by atoms with Gasteiger partial charge in [-0.3, -0.25) is 14.5 Å². The molecule has 1 aliphatic rings. The zero-order chi connectivity index (χ0) is 26.0. The fourth-order valence-corrected chi connectivity index (χ4v) is 5.68. The van der Waals surface area contributed by atoms with Crippen LogP contribution in [0, 0.1) is 6.92 Å². The Labute approximate surface area is 222 Å². The SMILES string of the molecule is COc1cc(/C=C2\SC(=O)N(Cc3cccc(Cl)c3)C2=O)cc(Cl)c1OS(=O)(=O)c1ccc(C)cc1. The summed E-state index contributed by atoms with van der Waals surface area (Å²) in [6.07, 6.45) is 1.48. The lowest BCUT2D eigenvalue weighted by atomic mass is 10.1. The second-order valence-electron chi connectivity index (χ2n) is 7.78. The molecule has 0 unspecified atom stereocenters. The third-order valence-corrected chi connectivity index (χ3v) is 7.81. The van der Waals surface area contributed by atoms with Crippen LogP contribution in [0.5, 0.6) is 11.5 Å². The third-order valence-electron chi connectivity index (χ3n) is 5.16. The molecule has 0 saturated carbocycles. The van der Waals surface area contributed by atoms with Crippen molar-refractivity contribution in [3.63, 3.8) is 0 Å². The Morgan fingerprint density at radius 2 is 1.75 bits per heavy atom. The van der Waals surface area contributed by atoms with E-state index in [9.17, 15) is 18.0 Å². The highest BCUT2D eigenvalue weighted by molar-refractivity contribution is 8.18. The van der Waals surface area contributed by atoms with Crippen LogP contribution in [0.1, 0.15) is 16.7 Å². The Hall–Kier alpha value is -2.98. The number of benzene rings is 3. The molecule has 0 N–H and O–H groups in total. The largest absolute Gasteiger partial charge is 0.493 e. The van der Waals surface area contributed by atoms with Gasteiger partial charge in [-0.15, -0.1) is 0 Å². The van der Waals surface area contributed by atoms with Crippen molar-refractivity contribution in [2.75, 3.05) is 7.11 Å². The van der Waals surface area contributed by atoms with Crippen molar-refractivity contribution in [2.45, 2.75) is 18.4 Å². The number of carbonyl (C=O) groups is 2. The number of rotatable bonds is 7. The molecule has 3 aromatic carbocycles. The van der Waals surface area contributed by atoms with Gasteiger partial charge in [0.15, 0.2) is 5.75 Å². The molecule has 1 aliphatic heterocycles. The zero-order valence-corrected chi connectivity index (χ0v) is 22.2. The van der Waals surface area contributed by atoms with E-state index in [4.69, 9.17) is 32.1 Å². The number of hydrogen-bond donors (Lipinski definition) is 0. The zero-order valence-electron chi connectivity index (χ0n) is 19.0. The minimum Gasteiger partial charge on any atom is -0.493 e. The highest BCUT2D eigenvalue weighted by Gasteiger charge is 2.35. The highest BCUT2D eigenvalue weighted by Crippen LogP contribution is 2.40. The Morgan fingerprint density at radius 3 is 2.42 bits per heavy atom. The first-order chi connectivity index (χ1) is 17.1. The molecule has 1 saturated heterocycles. The second kappa shape index (κ2) is 10.6. The van der Waals surface area contributed by atoms with Gasteiger partial charge >= 0.3 is 10.1 Å². The van der Waals surface area contributed by atoms with Crippen LogP contribution >= 0.6 is 35.0 Å². The molecule has 36 heavy (non-hydrogen) atoms. The molecular formula is C25H19Cl2NO6S2. The Bertz CT molecular complexity index is 1490. The van der Waals surface area contributed by atoms with Crippen LogP contribution < -0.4 is 8.92 Å². The van der Waals surface area contributed by atoms with Crippen LogP contribution in [0.15, 0.2) is 70.5 Å². The first-order valence-electron chi connectivity index (χ1n) is 10.5. The summed E-state index contributed by atoms with van der Waals surface area (Å²) in [5, 5.41) is 0.0336. The van der Waals surface area contributed by atoms with E-state index in [1.807, 2.05) is 6.92 Å². The number of methoxy groups -OCH3 is 1. The first kappa shape index (κ1) is 26.1. The minimum absolute atomic E-state index is 0.0383. The number of nitrogens with zero attached hydrogens (tertiary/aromatic N) is 1. The van der Waals surface area contributed by atoms with Gasteiger partial charge in [0.25, 0.3) is 11.1 Å². The molecule has 0 aromatic heterocycles. The molecule has 0 spiro atoms. The molecule has 1 fully saturated rings. The standard InChI is InChI=1S/C25H19Cl2NO6S2/c1-15-6-8-19(9-7-15)36(31,32)34-23-20(27)11-17(12-21(23)33-2)13-22-24(29)28(25(30)35-22)14-16-4-3-5-18(26)10-16/h3-13H,14H2,1-2H3/b22-13-. The number of amides is 2. The molecule has 0 atom stereocenters. The number of hydrogen-bond acceptors (Lipinski definition) is 7. The Balaban J connectivity index is 1.60. The van der Waals surface area contributed by atoms with E-state index in [2.05, 4.69) is 0 Å². The monoisotopic (exact) mass is 563 g/mol. The summed E-state index contributed by atoms with van der Waals surface area (Å²) in [6.45, 7) is 1.91. The Morgan fingerprint density at radius 1 is 1.03 bits per heavy atom. The summed E-state index contributed by atoms with van der Waals surface area (Å²) >= 11 is 13.1. The van der Waals surface area contributed by atoms with E-state index in [1.54, 1.807) is 36.4 Å². The number of imide groups is 1. The lowest BCUT2D eigenvalue weighted by Gasteiger charge is -2.14. The van der Waals surface area contributed by atoms with Crippen LogP contribution in [0.3, 0.4) is 0 Å². The number of halogens is 2. The molecule has 3 aromatic rings. The van der Waals surface area contributed by atoms with Crippen LogP contribution in [0.4, 0.5) is 4.79 Å². The van der Waals surface area contributed by atoms with Gasteiger partial charge in [0.1, 0.15) is 4.90 Å². The summed E-state index contributed by atoms with van der Waals surface area (Å²) in [5.74, 6) is -0.615. The average molecular weight is 564 g/mol. The lowest BCUT2D eigenvalue weighted by Crippen LogP contribution is -2.27. The van der Waals surface area contributed by atoms with Gasteiger partial charge in [-0.25, -0.2) is 0 Å². The van der Waals surface area contributed by atoms with Crippen molar-refractivity contribution in [1.82, 2.24) is 4.90 Å². The second-order valence-corrected chi connectivity index (χ2v) is 11.2. The quantitative estimate of drug-likeness (QED) is 0.245. The number of carbonyl (C=O) groups excluding carboxylic acids is 2. The number of thioether (sulfide) groups is 1. The van der Waals surface area contributed by atoms with Crippen molar-refractivity contribution >= 4 is 62.3 Å². The van der Waals surface area contributed by atoms with E-state index in [0.29, 0.717) is 16.1 Å². The number of aryl methyl sites for hydroxylation is 1. The van der Waals surface area contributed by atoms with E-state index >= 15 is 0 Å². The van der Waals surface area contributed by atoms with E-state index in [1.165, 1.54) is 37.5 Å². The fraction of sp³-hybridized carbons (Fsp3) is 0.120. The predicted octanol–water partition coefficient (Wildman–Crippen LogP) is 6.31. The van der Waals surface area contributed by atoms with E-state index in [-0.39, 0.29) is 32.9 Å². The van der Waals surface area contributed by atoms with Crippen molar-refractivity contribution < 1.29 is 26.9 Å². The third kappa shape index (κ3) is 5.70. The van der Waals surface area contributed by atoms with Crippen LogP contribution in [0.25, 0.3) is 6.08 Å². The maximum atomic E-state index is 12.9. The maximum absolute atomic E-state index is 12.9. The fourth-order valence-electron chi connectivity index (χ4n) is 3.37. The van der Waals surface area contributed by atoms with Crippen LogP contribution in [0.2, 0.25) is 10.0 Å². The van der Waals surface area contributed by atoms with Gasteiger partial charge < -0.3 is 8.92 Å². The van der Waals surface area contributed by atoms with E-state index in [0.717, 1.165) is 22.2 Å². The van der Waals surface area contributed by atoms with Crippen molar-refractivity contribution in [2.24, 2.45) is 0 Å². The summed E-state index contributed by atoms with van der Waals surface area (Å²) in [7, 11) is -2.84. The Kier molecular flexibility index (Phi) is 7.65. The molecule has 0 radical (unpaired) electrons. The molecule has 11 heteroatoms. The van der Waals surface area contributed by atoms with Gasteiger partial charge in [-0.2, -0.15) is 8.42 Å². The molecule has 1 heterocycles. The summed E-state index contributed by atoms with van der Waals surface area (Å²) in [4.78, 5) is 26.6. The van der Waals surface area contributed by atoms with Gasteiger partial charge in [-0.05, 0) is 72.3 Å². The average Bonchev–Trinajstić information content (AvgIpc) is 3.08. The van der Waals surface area contributed by atoms with Crippen molar-refractivity contribution in [3.05, 3.63) is 92.3 Å².